The molecule has 208 valence electrons. The van der Waals surface area contributed by atoms with Crippen LogP contribution in [-0.2, 0) is 16.0 Å². The molecule has 2 aliphatic heterocycles. The van der Waals surface area contributed by atoms with Crippen LogP contribution in [0.4, 0.5) is 16.2 Å². The molecule has 40 heavy (non-hydrogen) atoms. The first-order chi connectivity index (χ1) is 19.6. The number of ether oxygens (including phenoxy) is 2. The molecule has 1 N–H and O–H groups in total. The van der Waals surface area contributed by atoms with Gasteiger partial charge in [-0.15, -0.1) is 0 Å². The number of hydrogen-bond donors (Lipinski definition) is 1. The second-order valence-corrected chi connectivity index (χ2v) is 10.2. The Bertz CT molecular complexity index is 1350. The normalized spacial score (nSPS) is 15.4. The maximum Gasteiger partial charge on any atom is 0.411 e. The molecule has 0 unspecified atom stereocenters. The van der Waals surface area contributed by atoms with Crippen molar-refractivity contribution < 1.29 is 23.9 Å². The second kappa shape index (κ2) is 12.8. The molecule has 3 aromatic carbocycles. The average Bonchev–Trinajstić information content (AvgIpc) is 3.41. The zero-order valence-corrected chi connectivity index (χ0v) is 22.8. The number of amides is 2. The van der Waals surface area contributed by atoms with E-state index in [1.54, 1.807) is 11.0 Å². The summed E-state index contributed by atoms with van der Waals surface area (Å²) in [6, 6.07) is 21.3. The van der Waals surface area contributed by atoms with Crippen LogP contribution >= 0.6 is 0 Å². The number of hydrogen-bond acceptors (Lipinski definition) is 6. The largest absolute Gasteiger partial charge is 0.496 e. The van der Waals surface area contributed by atoms with Crippen LogP contribution in [0.2, 0.25) is 0 Å². The van der Waals surface area contributed by atoms with Gasteiger partial charge in [0, 0.05) is 37.7 Å². The van der Waals surface area contributed by atoms with Gasteiger partial charge in [-0.1, -0.05) is 48.5 Å². The lowest BCUT2D eigenvalue weighted by Gasteiger charge is -2.31. The molecule has 3 aromatic rings. The molecule has 2 heterocycles. The fourth-order valence-corrected chi connectivity index (χ4v) is 5.56. The van der Waals surface area contributed by atoms with E-state index in [0.717, 1.165) is 79.7 Å². The molecule has 2 aliphatic rings. The van der Waals surface area contributed by atoms with Crippen LogP contribution in [0.1, 0.15) is 41.6 Å². The minimum Gasteiger partial charge on any atom is -0.496 e. The molecule has 1 fully saturated rings. The first-order valence-electron chi connectivity index (χ1n) is 13.9. The van der Waals surface area contributed by atoms with E-state index in [0.29, 0.717) is 24.3 Å². The summed E-state index contributed by atoms with van der Waals surface area (Å²) in [5.74, 6) is 0.581. The van der Waals surface area contributed by atoms with Gasteiger partial charge in [-0.25, -0.2) is 4.79 Å². The number of carbonyl (C=O) groups excluding carboxylic acids is 3. The van der Waals surface area contributed by atoms with Gasteiger partial charge in [0.15, 0.2) is 6.29 Å². The number of para-hydroxylation sites is 1. The number of carbonyl (C=O) groups is 3. The Labute approximate surface area is 234 Å². The van der Waals surface area contributed by atoms with Crippen molar-refractivity contribution in [3.05, 3.63) is 77.9 Å². The minimum atomic E-state index is -0.435. The Morgan fingerprint density at radius 2 is 1.75 bits per heavy atom. The molecule has 5 rings (SSSR count). The molecule has 8 nitrogen and oxygen atoms in total. The van der Waals surface area contributed by atoms with Gasteiger partial charge < -0.3 is 19.3 Å². The molecule has 2 amide bonds. The fraction of sp³-hybridized carbons (Fsp3) is 0.344. The summed E-state index contributed by atoms with van der Waals surface area (Å²) in [6.07, 6.45) is 3.71. The highest BCUT2D eigenvalue weighted by Gasteiger charge is 2.27. The van der Waals surface area contributed by atoms with E-state index in [9.17, 15) is 14.4 Å². The quantitative estimate of drug-likeness (QED) is 0.357. The van der Waals surface area contributed by atoms with E-state index in [1.807, 2.05) is 60.7 Å². The first kappa shape index (κ1) is 27.4. The fourth-order valence-electron chi connectivity index (χ4n) is 5.56. The Kier molecular flexibility index (Phi) is 8.76. The van der Waals surface area contributed by atoms with Crippen molar-refractivity contribution in [3.8, 4) is 16.9 Å². The number of nitrogens with zero attached hydrogens (tertiary/aromatic N) is 2. The van der Waals surface area contributed by atoms with Crippen LogP contribution in [0, 0.1) is 0 Å². The van der Waals surface area contributed by atoms with Crippen molar-refractivity contribution in [2.75, 3.05) is 43.5 Å². The Morgan fingerprint density at radius 1 is 1.00 bits per heavy atom. The average molecular weight is 542 g/mol. The third-order valence-corrected chi connectivity index (χ3v) is 7.68. The molecule has 0 atom stereocenters. The molecule has 0 aliphatic carbocycles. The van der Waals surface area contributed by atoms with Crippen molar-refractivity contribution in [1.82, 2.24) is 4.90 Å². The van der Waals surface area contributed by atoms with Gasteiger partial charge in [-0.2, -0.15) is 0 Å². The van der Waals surface area contributed by atoms with E-state index in [4.69, 9.17) is 9.47 Å². The SMILES string of the molecule is COc1cc2c(cc1C=O)CCN2C(=O)CCCN1CCC(OC(=O)Nc2ccccc2-c2ccccc2)CC1. The zero-order valence-electron chi connectivity index (χ0n) is 22.8. The van der Waals surface area contributed by atoms with E-state index in [2.05, 4.69) is 10.2 Å². The number of nitrogens with one attached hydrogen (secondary N) is 1. The lowest BCUT2D eigenvalue weighted by molar-refractivity contribution is -0.118. The predicted octanol–water partition coefficient (Wildman–Crippen LogP) is 5.56. The monoisotopic (exact) mass is 541 g/mol. The highest BCUT2D eigenvalue weighted by atomic mass is 16.6. The summed E-state index contributed by atoms with van der Waals surface area (Å²) >= 11 is 0. The maximum absolute atomic E-state index is 13.0. The lowest BCUT2D eigenvalue weighted by atomic mass is 10.0. The number of rotatable bonds is 9. The van der Waals surface area contributed by atoms with Gasteiger partial charge in [0.25, 0.3) is 0 Å². The Balaban J connectivity index is 1.05. The zero-order chi connectivity index (χ0) is 27.9. The van der Waals surface area contributed by atoms with Crippen molar-refractivity contribution in [2.24, 2.45) is 0 Å². The first-order valence-corrected chi connectivity index (χ1v) is 13.9. The molecule has 0 bridgehead atoms. The number of anilines is 2. The number of likely N-dealkylation sites (tertiary alicyclic amines) is 1. The summed E-state index contributed by atoms with van der Waals surface area (Å²) in [5.41, 5.74) is 5.07. The summed E-state index contributed by atoms with van der Waals surface area (Å²) in [4.78, 5) is 41.1. The van der Waals surface area contributed by atoms with Crippen molar-refractivity contribution in [1.29, 1.82) is 0 Å². The summed E-state index contributed by atoms with van der Waals surface area (Å²) in [7, 11) is 1.53. The van der Waals surface area contributed by atoms with E-state index < -0.39 is 6.09 Å². The maximum atomic E-state index is 13.0. The number of benzene rings is 3. The van der Waals surface area contributed by atoms with Crippen LogP contribution < -0.4 is 15.0 Å². The smallest absolute Gasteiger partial charge is 0.411 e. The number of piperidine rings is 1. The van der Waals surface area contributed by atoms with Crippen molar-refractivity contribution in [2.45, 2.75) is 38.2 Å². The number of fused-ring (bicyclic) bond motifs is 1. The van der Waals surface area contributed by atoms with Gasteiger partial charge in [-0.05, 0) is 55.5 Å². The van der Waals surface area contributed by atoms with Gasteiger partial charge >= 0.3 is 6.09 Å². The summed E-state index contributed by atoms with van der Waals surface area (Å²) in [5, 5.41) is 2.92. The second-order valence-electron chi connectivity index (χ2n) is 10.2. The lowest BCUT2D eigenvalue weighted by Crippen LogP contribution is -2.39. The van der Waals surface area contributed by atoms with Gasteiger partial charge in [0.1, 0.15) is 11.9 Å². The topological polar surface area (TPSA) is 88.2 Å². The highest BCUT2D eigenvalue weighted by Crippen LogP contribution is 2.34. The van der Waals surface area contributed by atoms with E-state index >= 15 is 0 Å². The Morgan fingerprint density at radius 3 is 2.50 bits per heavy atom. The van der Waals surface area contributed by atoms with Crippen molar-refractivity contribution >= 4 is 29.7 Å². The van der Waals surface area contributed by atoms with Crippen LogP contribution in [0.25, 0.3) is 11.1 Å². The van der Waals surface area contributed by atoms with Gasteiger partial charge in [0.05, 0.1) is 24.0 Å². The van der Waals surface area contributed by atoms with Gasteiger partial charge in [-0.3, -0.25) is 14.9 Å². The van der Waals surface area contributed by atoms with Crippen molar-refractivity contribution in [3.63, 3.8) is 0 Å². The molecule has 0 aromatic heterocycles. The summed E-state index contributed by atoms with van der Waals surface area (Å²) in [6.45, 7) is 3.10. The Hall–Kier alpha value is -4.17. The third kappa shape index (κ3) is 6.34. The third-order valence-electron chi connectivity index (χ3n) is 7.68. The predicted molar refractivity (Wildman–Crippen MR) is 155 cm³/mol. The number of aldehydes is 1. The van der Waals surface area contributed by atoms with Crippen LogP contribution in [0.3, 0.4) is 0 Å². The van der Waals surface area contributed by atoms with Crippen LogP contribution in [0.5, 0.6) is 5.75 Å². The molecule has 0 radical (unpaired) electrons. The molecular weight excluding hydrogens is 506 g/mol. The molecule has 1 saturated heterocycles. The molecular formula is C32H35N3O5. The van der Waals surface area contributed by atoms with E-state index in [-0.39, 0.29) is 12.0 Å². The molecule has 0 spiro atoms. The molecule has 8 heteroatoms. The van der Waals surface area contributed by atoms with Crippen LogP contribution in [0.15, 0.2) is 66.7 Å². The standard InChI is InChI=1S/C32H35N3O5/c1-39-30-21-29-24(20-25(30)22-36)13-19-35(29)31(37)12-7-16-34-17-14-26(15-18-34)40-32(38)33-28-11-6-5-10-27(28)23-8-3-2-4-9-23/h2-6,8-11,20-22,26H,7,12-19H2,1H3,(H,33,38). The summed E-state index contributed by atoms with van der Waals surface area (Å²) < 4.78 is 11.1. The minimum absolute atomic E-state index is 0.0883. The van der Waals surface area contributed by atoms with Gasteiger partial charge in [0.2, 0.25) is 5.91 Å². The molecule has 0 saturated carbocycles. The van der Waals surface area contributed by atoms with Crippen LogP contribution in [-0.4, -0.2) is 62.6 Å². The highest BCUT2D eigenvalue weighted by molar-refractivity contribution is 5.97. The number of methoxy groups -OCH3 is 1. The van der Waals surface area contributed by atoms with E-state index in [1.165, 1.54) is 7.11 Å².